The third-order valence-electron chi connectivity index (χ3n) is 4.55. The summed E-state index contributed by atoms with van der Waals surface area (Å²) in [4.78, 5) is 2.42. The van der Waals surface area contributed by atoms with E-state index in [0.29, 0.717) is 5.92 Å². The maximum Gasteiger partial charge on any atom is 0.122 e. The number of ether oxygens (including phenoxy) is 1. The minimum atomic E-state index is 0.126. The number of hydrogen-bond acceptors (Lipinski definition) is 2. The van der Waals surface area contributed by atoms with Gasteiger partial charge in [0, 0.05) is 0 Å². The van der Waals surface area contributed by atoms with E-state index >= 15 is 0 Å². The van der Waals surface area contributed by atoms with Crippen LogP contribution in [0.2, 0.25) is 0 Å². The van der Waals surface area contributed by atoms with Crippen molar-refractivity contribution in [1.82, 2.24) is 4.90 Å². The second-order valence-corrected chi connectivity index (χ2v) is 7.24. The lowest BCUT2D eigenvalue weighted by Gasteiger charge is -2.31. The smallest absolute Gasteiger partial charge is 0.122 e. The molecule has 0 spiro atoms. The van der Waals surface area contributed by atoms with E-state index in [-0.39, 0.29) is 5.41 Å². The SMILES string of the molecule is COc1cc(C2CCN(C)CC2)c(C)cc1C(C)(C)C. The number of methoxy groups -OCH3 is 1. The fourth-order valence-corrected chi connectivity index (χ4v) is 3.22. The lowest BCUT2D eigenvalue weighted by Crippen LogP contribution is -2.29. The van der Waals surface area contributed by atoms with Crippen LogP contribution in [-0.4, -0.2) is 32.1 Å². The highest BCUT2D eigenvalue weighted by atomic mass is 16.5. The Bertz CT molecular complexity index is 465. The largest absolute Gasteiger partial charge is 0.496 e. The molecule has 0 bridgehead atoms. The Kier molecular flexibility index (Phi) is 4.43. The van der Waals surface area contributed by atoms with Crippen LogP contribution in [0.5, 0.6) is 5.75 Å². The summed E-state index contributed by atoms with van der Waals surface area (Å²) in [5.41, 5.74) is 4.35. The first kappa shape index (κ1) is 15.4. The zero-order valence-corrected chi connectivity index (χ0v) is 13.9. The van der Waals surface area contributed by atoms with E-state index in [1.54, 1.807) is 7.11 Å². The quantitative estimate of drug-likeness (QED) is 0.805. The molecule has 0 aliphatic carbocycles. The highest BCUT2D eigenvalue weighted by Gasteiger charge is 2.24. The number of aryl methyl sites for hydroxylation is 1. The summed E-state index contributed by atoms with van der Waals surface area (Å²) in [7, 11) is 4.00. The summed E-state index contributed by atoms with van der Waals surface area (Å²) in [6.07, 6.45) is 2.52. The van der Waals surface area contributed by atoms with Crippen molar-refractivity contribution >= 4 is 0 Å². The summed E-state index contributed by atoms with van der Waals surface area (Å²) in [5.74, 6) is 1.74. The summed E-state index contributed by atoms with van der Waals surface area (Å²) in [5, 5.41) is 0. The van der Waals surface area contributed by atoms with E-state index in [1.807, 2.05) is 0 Å². The Morgan fingerprint density at radius 3 is 2.25 bits per heavy atom. The molecular weight excluding hydrogens is 246 g/mol. The molecule has 0 unspecified atom stereocenters. The van der Waals surface area contributed by atoms with Crippen LogP contribution in [0.25, 0.3) is 0 Å². The monoisotopic (exact) mass is 275 g/mol. The second-order valence-electron chi connectivity index (χ2n) is 7.24. The molecule has 0 N–H and O–H groups in total. The molecule has 0 amide bonds. The van der Waals surface area contributed by atoms with Gasteiger partial charge >= 0.3 is 0 Å². The van der Waals surface area contributed by atoms with E-state index in [9.17, 15) is 0 Å². The predicted octanol–water partition coefficient (Wildman–Crippen LogP) is 4.11. The molecule has 2 heteroatoms. The molecule has 2 rings (SSSR count). The summed E-state index contributed by atoms with van der Waals surface area (Å²) < 4.78 is 5.67. The minimum Gasteiger partial charge on any atom is -0.496 e. The molecule has 1 fully saturated rings. The summed E-state index contributed by atoms with van der Waals surface area (Å²) in [6, 6.07) is 4.64. The summed E-state index contributed by atoms with van der Waals surface area (Å²) >= 11 is 0. The Morgan fingerprint density at radius 2 is 1.75 bits per heavy atom. The van der Waals surface area contributed by atoms with Gasteiger partial charge < -0.3 is 9.64 Å². The molecule has 1 aliphatic rings. The molecule has 0 atom stereocenters. The first-order chi connectivity index (χ1) is 9.32. The lowest BCUT2D eigenvalue weighted by molar-refractivity contribution is 0.254. The molecule has 0 saturated carbocycles. The number of piperidine rings is 1. The van der Waals surface area contributed by atoms with E-state index in [1.165, 1.54) is 42.6 Å². The van der Waals surface area contributed by atoms with E-state index in [2.05, 4.69) is 51.8 Å². The molecule has 0 radical (unpaired) electrons. The molecule has 1 saturated heterocycles. The van der Waals surface area contributed by atoms with Crippen LogP contribution in [-0.2, 0) is 5.41 Å². The Morgan fingerprint density at radius 1 is 1.15 bits per heavy atom. The van der Waals surface area contributed by atoms with Gasteiger partial charge in [0.15, 0.2) is 0 Å². The maximum atomic E-state index is 5.67. The zero-order valence-electron chi connectivity index (χ0n) is 13.9. The Hall–Kier alpha value is -1.02. The van der Waals surface area contributed by atoms with Gasteiger partial charge in [-0.05, 0) is 74.0 Å². The molecule has 2 nitrogen and oxygen atoms in total. The number of benzene rings is 1. The molecule has 112 valence electrons. The van der Waals surface area contributed by atoms with Gasteiger partial charge in [-0.2, -0.15) is 0 Å². The Balaban J connectivity index is 2.36. The second kappa shape index (κ2) is 5.77. The van der Waals surface area contributed by atoms with Crippen molar-refractivity contribution in [3.63, 3.8) is 0 Å². The molecule has 1 heterocycles. The van der Waals surface area contributed by atoms with Gasteiger partial charge in [0.05, 0.1) is 7.11 Å². The fraction of sp³-hybridized carbons (Fsp3) is 0.667. The van der Waals surface area contributed by atoms with Crippen LogP contribution in [0.1, 0.15) is 56.2 Å². The van der Waals surface area contributed by atoms with E-state index in [4.69, 9.17) is 4.74 Å². The number of rotatable bonds is 2. The van der Waals surface area contributed by atoms with Crippen molar-refractivity contribution < 1.29 is 4.74 Å². The van der Waals surface area contributed by atoms with Crippen LogP contribution in [0.4, 0.5) is 0 Å². The average molecular weight is 275 g/mol. The standard InChI is InChI=1S/C18H29NO/c1-13-11-16(18(2,3)4)17(20-6)12-15(13)14-7-9-19(5)10-8-14/h11-12,14H,7-10H2,1-6H3. The van der Waals surface area contributed by atoms with Crippen molar-refractivity contribution in [2.75, 3.05) is 27.2 Å². The van der Waals surface area contributed by atoms with E-state index < -0.39 is 0 Å². The number of likely N-dealkylation sites (tertiary alicyclic amines) is 1. The maximum absolute atomic E-state index is 5.67. The molecule has 0 aromatic heterocycles. The molecule has 1 aromatic rings. The van der Waals surface area contributed by atoms with Crippen LogP contribution in [0.15, 0.2) is 12.1 Å². The van der Waals surface area contributed by atoms with Gasteiger partial charge in [-0.1, -0.05) is 26.8 Å². The van der Waals surface area contributed by atoms with Crippen LogP contribution >= 0.6 is 0 Å². The third kappa shape index (κ3) is 3.17. The normalized spacial score (nSPS) is 18.3. The van der Waals surface area contributed by atoms with Gasteiger partial charge in [0.2, 0.25) is 0 Å². The van der Waals surface area contributed by atoms with E-state index in [0.717, 1.165) is 5.75 Å². The van der Waals surface area contributed by atoms with Crippen LogP contribution in [0.3, 0.4) is 0 Å². The fourth-order valence-electron chi connectivity index (χ4n) is 3.22. The molecule has 1 aliphatic heterocycles. The van der Waals surface area contributed by atoms with Gasteiger partial charge in [-0.3, -0.25) is 0 Å². The lowest BCUT2D eigenvalue weighted by atomic mass is 9.81. The van der Waals surface area contributed by atoms with Crippen molar-refractivity contribution in [2.24, 2.45) is 0 Å². The van der Waals surface area contributed by atoms with Gasteiger partial charge in [-0.15, -0.1) is 0 Å². The highest BCUT2D eigenvalue weighted by molar-refractivity contribution is 5.47. The van der Waals surface area contributed by atoms with Crippen molar-refractivity contribution in [3.8, 4) is 5.75 Å². The van der Waals surface area contributed by atoms with Crippen LogP contribution in [0, 0.1) is 6.92 Å². The number of nitrogens with zero attached hydrogens (tertiary/aromatic N) is 1. The molecule has 1 aromatic carbocycles. The number of hydrogen-bond donors (Lipinski definition) is 0. The first-order valence-electron chi connectivity index (χ1n) is 7.70. The third-order valence-corrected chi connectivity index (χ3v) is 4.55. The van der Waals surface area contributed by atoms with Gasteiger partial charge in [0.25, 0.3) is 0 Å². The predicted molar refractivity (Wildman–Crippen MR) is 85.9 cm³/mol. The van der Waals surface area contributed by atoms with Crippen LogP contribution < -0.4 is 4.74 Å². The minimum absolute atomic E-state index is 0.126. The average Bonchev–Trinajstić information content (AvgIpc) is 2.38. The Labute approximate surface area is 124 Å². The van der Waals surface area contributed by atoms with Gasteiger partial charge in [0.1, 0.15) is 5.75 Å². The van der Waals surface area contributed by atoms with Crippen molar-refractivity contribution in [3.05, 3.63) is 28.8 Å². The molecular formula is C18H29NO. The topological polar surface area (TPSA) is 12.5 Å². The first-order valence-corrected chi connectivity index (χ1v) is 7.70. The van der Waals surface area contributed by atoms with Gasteiger partial charge in [-0.25, -0.2) is 0 Å². The van der Waals surface area contributed by atoms with Crippen molar-refractivity contribution in [1.29, 1.82) is 0 Å². The highest BCUT2D eigenvalue weighted by Crippen LogP contribution is 2.38. The molecule has 20 heavy (non-hydrogen) atoms. The summed E-state index contributed by atoms with van der Waals surface area (Å²) in [6.45, 7) is 11.4. The van der Waals surface area contributed by atoms with Crippen molar-refractivity contribution in [2.45, 2.75) is 51.9 Å². The zero-order chi connectivity index (χ0) is 14.9.